The highest BCUT2D eigenvalue weighted by Crippen LogP contribution is 2.21. The van der Waals surface area contributed by atoms with Crippen LogP contribution in [0.25, 0.3) is 10.2 Å². The number of fused-ring (bicyclic) bond motifs is 1. The second-order valence-corrected chi connectivity index (χ2v) is 5.86. The van der Waals surface area contributed by atoms with Gasteiger partial charge in [-0.3, -0.25) is 9.36 Å². The van der Waals surface area contributed by atoms with Gasteiger partial charge in [0.25, 0.3) is 5.56 Å². The van der Waals surface area contributed by atoms with Gasteiger partial charge in [-0.15, -0.1) is 11.3 Å². The van der Waals surface area contributed by atoms with Gasteiger partial charge in [-0.2, -0.15) is 0 Å². The lowest BCUT2D eigenvalue weighted by molar-refractivity contribution is 0.490. The van der Waals surface area contributed by atoms with E-state index in [9.17, 15) is 4.79 Å². The molecule has 1 aliphatic rings. The molecule has 0 spiro atoms. The fourth-order valence-corrected chi connectivity index (χ4v) is 3.43. The van der Waals surface area contributed by atoms with Crippen LogP contribution in [0.5, 0.6) is 0 Å². The Bertz CT molecular complexity index is 648. The summed E-state index contributed by atoms with van der Waals surface area (Å²) in [6.45, 7) is 4.33. The maximum absolute atomic E-state index is 12.4. The minimum atomic E-state index is 0.0663. The average molecular weight is 278 g/mol. The molecule has 0 aliphatic carbocycles. The van der Waals surface area contributed by atoms with Crippen molar-refractivity contribution >= 4 is 27.5 Å². The van der Waals surface area contributed by atoms with E-state index in [-0.39, 0.29) is 11.6 Å². The van der Waals surface area contributed by atoms with Crippen LogP contribution in [0.15, 0.2) is 16.2 Å². The lowest BCUT2D eigenvalue weighted by Gasteiger charge is -2.32. The van der Waals surface area contributed by atoms with Gasteiger partial charge in [0, 0.05) is 25.7 Å². The van der Waals surface area contributed by atoms with Crippen LogP contribution in [-0.2, 0) is 6.54 Å². The van der Waals surface area contributed by atoms with Crippen LogP contribution in [0.4, 0.5) is 5.95 Å². The molecule has 1 aliphatic heterocycles. The zero-order valence-electron chi connectivity index (χ0n) is 11.0. The van der Waals surface area contributed by atoms with Gasteiger partial charge in [0.2, 0.25) is 5.95 Å². The van der Waals surface area contributed by atoms with Gasteiger partial charge in [-0.25, -0.2) is 4.98 Å². The highest BCUT2D eigenvalue weighted by Gasteiger charge is 2.22. The molecule has 1 unspecified atom stereocenters. The van der Waals surface area contributed by atoms with Crippen molar-refractivity contribution in [2.45, 2.75) is 32.4 Å². The molecule has 2 N–H and O–H groups in total. The number of hydrogen-bond donors (Lipinski definition) is 1. The fourth-order valence-electron chi connectivity index (χ4n) is 2.65. The lowest BCUT2D eigenvalue weighted by atomic mass is 10.1. The molecule has 0 radical (unpaired) electrons. The number of nitrogens with two attached hydrogens (primary N) is 1. The molecule has 19 heavy (non-hydrogen) atoms. The Morgan fingerprint density at radius 1 is 1.58 bits per heavy atom. The second-order valence-electron chi connectivity index (χ2n) is 4.94. The van der Waals surface area contributed by atoms with E-state index in [1.54, 1.807) is 4.57 Å². The number of hydrogen-bond acceptors (Lipinski definition) is 5. The number of aromatic nitrogens is 2. The number of anilines is 1. The van der Waals surface area contributed by atoms with E-state index < -0.39 is 0 Å². The Morgan fingerprint density at radius 2 is 2.42 bits per heavy atom. The molecule has 0 aromatic carbocycles. The largest absolute Gasteiger partial charge is 0.341 e. The molecule has 0 amide bonds. The Hall–Kier alpha value is -1.40. The van der Waals surface area contributed by atoms with Crippen LogP contribution in [0.2, 0.25) is 0 Å². The fraction of sp³-hybridized carbons (Fsp3) is 0.538. The zero-order valence-corrected chi connectivity index (χ0v) is 11.8. The first kappa shape index (κ1) is 12.6. The van der Waals surface area contributed by atoms with Crippen LogP contribution in [-0.4, -0.2) is 28.7 Å². The highest BCUT2D eigenvalue weighted by molar-refractivity contribution is 7.17. The molecule has 0 saturated carbocycles. The average Bonchev–Trinajstić information content (AvgIpc) is 2.87. The topological polar surface area (TPSA) is 64.2 Å². The summed E-state index contributed by atoms with van der Waals surface area (Å²) < 4.78 is 2.50. The third-order valence-corrected chi connectivity index (χ3v) is 4.49. The van der Waals surface area contributed by atoms with E-state index in [2.05, 4.69) is 9.88 Å². The van der Waals surface area contributed by atoms with Gasteiger partial charge in [0.15, 0.2) is 0 Å². The van der Waals surface area contributed by atoms with Crippen molar-refractivity contribution in [2.24, 2.45) is 5.73 Å². The van der Waals surface area contributed by atoms with Gasteiger partial charge < -0.3 is 10.6 Å². The molecule has 2 aromatic heterocycles. The van der Waals surface area contributed by atoms with Crippen molar-refractivity contribution in [1.29, 1.82) is 0 Å². The molecule has 6 heteroatoms. The SMILES string of the molecule is CCn1c(N2CCCC(N)C2)nc2ccsc2c1=O. The molecular weight excluding hydrogens is 260 g/mol. The van der Waals surface area contributed by atoms with Gasteiger partial charge in [-0.05, 0) is 31.2 Å². The van der Waals surface area contributed by atoms with Crippen LogP contribution in [0.1, 0.15) is 19.8 Å². The maximum atomic E-state index is 12.4. The van der Waals surface area contributed by atoms with Crippen LogP contribution in [0, 0.1) is 0 Å². The van der Waals surface area contributed by atoms with Gasteiger partial charge in [0.1, 0.15) is 4.70 Å². The number of piperidine rings is 1. The Morgan fingerprint density at radius 3 is 3.16 bits per heavy atom. The molecule has 1 fully saturated rings. The number of rotatable bonds is 2. The number of thiophene rings is 1. The molecule has 3 rings (SSSR count). The third-order valence-electron chi connectivity index (χ3n) is 3.60. The van der Waals surface area contributed by atoms with Crippen molar-refractivity contribution in [3.05, 3.63) is 21.8 Å². The summed E-state index contributed by atoms with van der Waals surface area (Å²) in [7, 11) is 0. The normalized spacial score (nSPS) is 20.1. The minimum Gasteiger partial charge on any atom is -0.341 e. The molecule has 5 nitrogen and oxygen atoms in total. The quantitative estimate of drug-likeness (QED) is 0.902. The predicted octanol–water partition coefficient (Wildman–Crippen LogP) is 1.41. The van der Waals surface area contributed by atoms with Crippen molar-refractivity contribution in [2.75, 3.05) is 18.0 Å². The predicted molar refractivity (Wildman–Crippen MR) is 79.0 cm³/mol. The van der Waals surface area contributed by atoms with E-state index in [1.165, 1.54) is 11.3 Å². The molecule has 102 valence electrons. The summed E-state index contributed by atoms with van der Waals surface area (Å²) in [5, 5.41) is 1.92. The molecule has 1 saturated heterocycles. The van der Waals surface area contributed by atoms with E-state index in [0.717, 1.165) is 42.1 Å². The van der Waals surface area contributed by atoms with Crippen LogP contribution < -0.4 is 16.2 Å². The summed E-state index contributed by atoms with van der Waals surface area (Å²) in [5.41, 5.74) is 6.90. The summed E-state index contributed by atoms with van der Waals surface area (Å²) in [4.78, 5) is 19.3. The first-order chi connectivity index (χ1) is 9.20. The second kappa shape index (κ2) is 4.94. The molecule has 2 aromatic rings. The first-order valence-corrected chi connectivity index (χ1v) is 7.57. The molecule has 0 bridgehead atoms. The first-order valence-electron chi connectivity index (χ1n) is 6.69. The third kappa shape index (κ3) is 2.15. The Kier molecular flexibility index (Phi) is 3.28. The van der Waals surface area contributed by atoms with Crippen molar-refractivity contribution in [3.8, 4) is 0 Å². The van der Waals surface area contributed by atoms with Crippen LogP contribution in [0.3, 0.4) is 0 Å². The van der Waals surface area contributed by atoms with Crippen molar-refractivity contribution in [1.82, 2.24) is 9.55 Å². The smallest absolute Gasteiger partial charge is 0.272 e. The monoisotopic (exact) mass is 278 g/mol. The molecule has 3 heterocycles. The van der Waals surface area contributed by atoms with Crippen molar-refractivity contribution in [3.63, 3.8) is 0 Å². The maximum Gasteiger partial charge on any atom is 0.272 e. The lowest BCUT2D eigenvalue weighted by Crippen LogP contribution is -2.45. The van der Waals surface area contributed by atoms with Gasteiger partial charge >= 0.3 is 0 Å². The van der Waals surface area contributed by atoms with E-state index in [1.807, 2.05) is 18.4 Å². The summed E-state index contributed by atoms with van der Waals surface area (Å²) in [6.07, 6.45) is 2.11. The highest BCUT2D eigenvalue weighted by atomic mass is 32.1. The summed E-state index contributed by atoms with van der Waals surface area (Å²) >= 11 is 1.46. The Balaban J connectivity index is 2.13. The van der Waals surface area contributed by atoms with E-state index in [4.69, 9.17) is 5.73 Å². The minimum absolute atomic E-state index is 0.0663. The summed E-state index contributed by atoms with van der Waals surface area (Å²) in [5.74, 6) is 0.772. The van der Waals surface area contributed by atoms with E-state index >= 15 is 0 Å². The number of nitrogens with zero attached hydrogens (tertiary/aromatic N) is 3. The zero-order chi connectivity index (χ0) is 13.4. The standard InChI is InChI=1S/C13H18N4OS/c1-2-17-12(18)11-10(5-7-19-11)15-13(17)16-6-3-4-9(14)8-16/h5,7,9H,2-4,6,8,14H2,1H3. The molecule has 1 atom stereocenters. The Labute approximate surface area is 115 Å². The summed E-state index contributed by atoms with van der Waals surface area (Å²) in [6, 6.07) is 2.09. The molecular formula is C13H18N4OS. The van der Waals surface area contributed by atoms with Crippen molar-refractivity contribution < 1.29 is 0 Å². The van der Waals surface area contributed by atoms with E-state index in [0.29, 0.717) is 6.54 Å². The van der Waals surface area contributed by atoms with Gasteiger partial charge in [0.05, 0.1) is 5.52 Å². The van der Waals surface area contributed by atoms with Gasteiger partial charge in [-0.1, -0.05) is 0 Å². The van der Waals surface area contributed by atoms with Crippen LogP contribution >= 0.6 is 11.3 Å².